The molecule has 0 fully saturated rings. The van der Waals surface area contributed by atoms with Gasteiger partial charge in [-0.15, -0.1) is 0 Å². The smallest absolute Gasteiger partial charge is 0.0731 e. The minimum atomic E-state index is -1.37. The van der Waals surface area contributed by atoms with Crippen LogP contribution in [0, 0.1) is 0 Å². The quantitative estimate of drug-likeness (QED) is 0.782. The summed E-state index contributed by atoms with van der Waals surface area (Å²) in [5.41, 5.74) is -0.0939. The molecule has 7 heteroatoms. The molecule has 2 aromatic carbocycles. The Balaban J connectivity index is 2.53. The first-order valence-corrected chi connectivity index (χ1v) is 7.55. The molecule has 0 aliphatic rings. The molecule has 20 heavy (non-hydrogen) atoms. The van der Waals surface area contributed by atoms with Crippen LogP contribution in [0.2, 0.25) is 20.1 Å². The van der Waals surface area contributed by atoms with Gasteiger partial charge in [0.1, 0.15) is 0 Å². The van der Waals surface area contributed by atoms with Gasteiger partial charge in [0.25, 0.3) is 0 Å². The van der Waals surface area contributed by atoms with E-state index in [9.17, 15) is 9.90 Å². The van der Waals surface area contributed by atoms with Gasteiger partial charge in [-0.3, -0.25) is 0 Å². The standard InChI is InChI=1S/C13H6Cl4O2S/c14-6-4-7(13(18)19)12(9(16)5-6)20-10-3-1-2-8(15)11(10)17/h1-5H,(H,18,19)/p-1. The Morgan fingerprint density at radius 2 is 1.75 bits per heavy atom. The van der Waals surface area contributed by atoms with Crippen molar-refractivity contribution < 1.29 is 9.90 Å². The Bertz CT molecular complexity index is 688. The third-order valence-electron chi connectivity index (χ3n) is 2.36. The number of rotatable bonds is 3. The number of carboxylic acid groups (broad SMARTS) is 1. The number of carbonyl (C=O) groups is 1. The molecule has 0 aromatic heterocycles. The maximum Gasteiger partial charge on any atom is 0.0731 e. The molecule has 0 saturated heterocycles. The predicted octanol–water partition coefficient (Wildman–Crippen LogP) is 4.81. The van der Waals surface area contributed by atoms with Gasteiger partial charge in [-0.25, -0.2) is 0 Å². The summed E-state index contributed by atoms with van der Waals surface area (Å²) < 4.78 is 0. The molecule has 0 N–H and O–H groups in total. The number of aromatic carboxylic acids is 1. The Morgan fingerprint density at radius 1 is 1.05 bits per heavy atom. The summed E-state index contributed by atoms with van der Waals surface area (Å²) in [6.45, 7) is 0. The molecule has 2 aromatic rings. The highest BCUT2D eigenvalue weighted by atomic mass is 35.5. The molecule has 0 amide bonds. The highest BCUT2D eigenvalue weighted by molar-refractivity contribution is 7.99. The van der Waals surface area contributed by atoms with Crippen molar-refractivity contribution in [2.75, 3.05) is 0 Å². The summed E-state index contributed by atoms with van der Waals surface area (Å²) in [6, 6.07) is 7.79. The van der Waals surface area contributed by atoms with Crippen molar-refractivity contribution in [2.24, 2.45) is 0 Å². The van der Waals surface area contributed by atoms with Crippen LogP contribution in [-0.2, 0) is 0 Å². The summed E-state index contributed by atoms with van der Waals surface area (Å²) >= 11 is 24.9. The van der Waals surface area contributed by atoms with Gasteiger partial charge in [-0.2, -0.15) is 0 Å². The molecule has 0 heterocycles. The fourth-order valence-corrected chi connectivity index (χ4v) is 3.54. The summed E-state index contributed by atoms with van der Waals surface area (Å²) in [7, 11) is 0. The van der Waals surface area contributed by atoms with Gasteiger partial charge in [0.15, 0.2) is 0 Å². The normalized spacial score (nSPS) is 10.6. The molecule has 2 rings (SSSR count). The average Bonchev–Trinajstić information content (AvgIpc) is 2.37. The Morgan fingerprint density at radius 3 is 2.40 bits per heavy atom. The minimum absolute atomic E-state index is 0.0939. The molecular formula is C13H5Cl4O2S-. The maximum absolute atomic E-state index is 11.2. The van der Waals surface area contributed by atoms with Crippen LogP contribution in [0.5, 0.6) is 0 Å². The van der Waals surface area contributed by atoms with Crippen LogP contribution >= 0.6 is 58.2 Å². The van der Waals surface area contributed by atoms with E-state index in [1.165, 1.54) is 12.1 Å². The van der Waals surface area contributed by atoms with Crippen LogP contribution in [0.25, 0.3) is 0 Å². The fraction of sp³-hybridized carbons (Fsp3) is 0. The van der Waals surface area contributed by atoms with Crippen molar-refractivity contribution in [3.05, 3.63) is 56.0 Å². The first-order chi connectivity index (χ1) is 9.40. The van der Waals surface area contributed by atoms with Gasteiger partial charge in [-0.1, -0.05) is 64.2 Å². The predicted molar refractivity (Wildman–Crippen MR) is 81.4 cm³/mol. The van der Waals surface area contributed by atoms with E-state index >= 15 is 0 Å². The fourth-order valence-electron chi connectivity index (χ4n) is 1.49. The molecule has 0 radical (unpaired) electrons. The van der Waals surface area contributed by atoms with E-state index in [0.717, 1.165) is 11.8 Å². The second-order valence-electron chi connectivity index (χ2n) is 3.71. The second kappa shape index (κ2) is 6.46. The SMILES string of the molecule is O=C([O-])c1cc(Cl)cc(Cl)c1Sc1cccc(Cl)c1Cl. The van der Waals surface area contributed by atoms with Gasteiger partial charge in [-0.05, 0) is 24.3 Å². The van der Waals surface area contributed by atoms with Crippen LogP contribution in [0.15, 0.2) is 40.1 Å². The first kappa shape index (κ1) is 15.8. The van der Waals surface area contributed by atoms with Crippen LogP contribution < -0.4 is 5.11 Å². The lowest BCUT2D eigenvalue weighted by atomic mass is 10.2. The molecule has 104 valence electrons. The van der Waals surface area contributed by atoms with Gasteiger partial charge in [0.05, 0.1) is 21.0 Å². The van der Waals surface area contributed by atoms with Gasteiger partial charge in [0.2, 0.25) is 0 Å². The third-order valence-corrected chi connectivity index (χ3v) is 5.12. The zero-order valence-corrected chi connectivity index (χ0v) is 13.5. The summed E-state index contributed by atoms with van der Waals surface area (Å²) in [5.74, 6) is -1.37. The zero-order chi connectivity index (χ0) is 14.9. The molecule has 0 aliphatic heterocycles. The lowest BCUT2D eigenvalue weighted by Crippen LogP contribution is -2.23. The Labute approximate surface area is 139 Å². The van der Waals surface area contributed by atoms with Gasteiger partial charge >= 0.3 is 0 Å². The molecule has 0 aliphatic carbocycles. The van der Waals surface area contributed by atoms with Crippen LogP contribution in [0.4, 0.5) is 0 Å². The first-order valence-electron chi connectivity index (χ1n) is 5.22. The van der Waals surface area contributed by atoms with E-state index in [1.54, 1.807) is 18.2 Å². The van der Waals surface area contributed by atoms with E-state index in [-0.39, 0.29) is 15.6 Å². The van der Waals surface area contributed by atoms with Crippen molar-refractivity contribution in [3.63, 3.8) is 0 Å². The molecule has 0 saturated carbocycles. The molecular weight excluding hydrogens is 362 g/mol. The summed E-state index contributed by atoms with van der Waals surface area (Å²) in [5, 5.41) is 12.3. The topological polar surface area (TPSA) is 40.1 Å². The minimum Gasteiger partial charge on any atom is -0.545 e. The maximum atomic E-state index is 11.2. The number of carbonyl (C=O) groups excluding carboxylic acids is 1. The Hall–Kier alpha value is -0.580. The molecule has 0 bridgehead atoms. The highest BCUT2D eigenvalue weighted by Crippen LogP contribution is 2.42. The molecule has 2 nitrogen and oxygen atoms in total. The lowest BCUT2D eigenvalue weighted by Gasteiger charge is -2.13. The summed E-state index contributed by atoms with van der Waals surface area (Å²) in [6.07, 6.45) is 0. The van der Waals surface area contributed by atoms with Gasteiger partial charge < -0.3 is 9.90 Å². The molecule has 0 atom stereocenters. The van der Waals surface area contributed by atoms with E-state index in [1.807, 2.05) is 0 Å². The van der Waals surface area contributed by atoms with Crippen molar-refractivity contribution in [1.82, 2.24) is 0 Å². The van der Waals surface area contributed by atoms with Crippen molar-refractivity contribution >= 4 is 64.1 Å². The number of hydrogen-bond acceptors (Lipinski definition) is 3. The third kappa shape index (κ3) is 3.35. The van der Waals surface area contributed by atoms with E-state index in [0.29, 0.717) is 19.8 Å². The molecule has 0 unspecified atom stereocenters. The van der Waals surface area contributed by atoms with Crippen molar-refractivity contribution in [3.8, 4) is 0 Å². The van der Waals surface area contributed by atoms with Gasteiger partial charge in [0, 0.05) is 20.4 Å². The highest BCUT2D eigenvalue weighted by Gasteiger charge is 2.14. The average molecular weight is 367 g/mol. The largest absolute Gasteiger partial charge is 0.545 e. The number of halogens is 4. The Kier molecular flexibility index (Phi) is 5.10. The zero-order valence-electron chi connectivity index (χ0n) is 9.62. The van der Waals surface area contributed by atoms with E-state index in [4.69, 9.17) is 46.4 Å². The van der Waals surface area contributed by atoms with E-state index < -0.39 is 5.97 Å². The summed E-state index contributed by atoms with van der Waals surface area (Å²) in [4.78, 5) is 12.1. The van der Waals surface area contributed by atoms with Crippen LogP contribution in [0.3, 0.4) is 0 Å². The second-order valence-corrected chi connectivity index (χ2v) is 6.39. The van der Waals surface area contributed by atoms with Crippen molar-refractivity contribution in [2.45, 2.75) is 9.79 Å². The van der Waals surface area contributed by atoms with Crippen LogP contribution in [-0.4, -0.2) is 5.97 Å². The number of benzene rings is 2. The van der Waals surface area contributed by atoms with Crippen LogP contribution in [0.1, 0.15) is 10.4 Å². The lowest BCUT2D eigenvalue weighted by molar-refractivity contribution is -0.255. The molecule has 0 spiro atoms. The van der Waals surface area contributed by atoms with E-state index in [2.05, 4.69) is 0 Å². The monoisotopic (exact) mass is 365 g/mol. The van der Waals surface area contributed by atoms with Crippen molar-refractivity contribution in [1.29, 1.82) is 0 Å². The number of carboxylic acids is 1. The number of hydrogen-bond donors (Lipinski definition) is 0.